The summed E-state index contributed by atoms with van der Waals surface area (Å²) in [6, 6.07) is 10.9. The number of aryl methyl sites for hydroxylation is 1. The Hall–Kier alpha value is -2.92. The van der Waals surface area contributed by atoms with Gasteiger partial charge in [0.25, 0.3) is 5.91 Å². The highest BCUT2D eigenvalue weighted by Gasteiger charge is 2.70. The van der Waals surface area contributed by atoms with Gasteiger partial charge in [-0.3, -0.25) is 4.79 Å². The van der Waals surface area contributed by atoms with E-state index >= 15 is 0 Å². The molecule has 1 aromatic heterocycles. The summed E-state index contributed by atoms with van der Waals surface area (Å²) < 4.78 is 6.93. The fourth-order valence-electron chi connectivity index (χ4n) is 8.10. The van der Waals surface area contributed by atoms with Gasteiger partial charge in [-0.15, -0.1) is 0 Å². The highest BCUT2D eigenvalue weighted by atomic mass is 16.5. The van der Waals surface area contributed by atoms with Crippen molar-refractivity contribution in [3.05, 3.63) is 63.8 Å². The number of hydrogen-bond acceptors (Lipinski definition) is 4. The normalized spacial score (nSPS) is 33.0. The Morgan fingerprint density at radius 1 is 1.25 bits per heavy atom. The van der Waals surface area contributed by atoms with Crippen LogP contribution in [0, 0.1) is 12.3 Å². The van der Waals surface area contributed by atoms with E-state index in [1.807, 2.05) is 18.2 Å². The maximum absolute atomic E-state index is 12.8. The van der Waals surface area contributed by atoms with Crippen LogP contribution < -0.4 is 10.1 Å². The van der Waals surface area contributed by atoms with Crippen molar-refractivity contribution >= 4 is 22.5 Å². The van der Waals surface area contributed by atoms with Crippen molar-refractivity contribution in [2.75, 3.05) is 18.9 Å². The zero-order chi connectivity index (χ0) is 21.6. The molecule has 1 N–H and O–H groups in total. The minimum Gasteiger partial charge on any atom is -0.483 e. The van der Waals surface area contributed by atoms with Crippen LogP contribution >= 0.6 is 0 Å². The predicted octanol–water partition coefficient (Wildman–Crippen LogP) is 4.30. The molecule has 4 atom stereocenters. The number of aromatic nitrogens is 1. The number of likely N-dealkylation sites (N-methyl/N-ethyl adjacent to an activating group) is 1. The molecule has 5 aliphatic rings. The maximum Gasteiger partial charge on any atom is 0.256 e. The molecule has 8 rings (SSSR count). The molecular weight excluding hydrogens is 398 g/mol. The van der Waals surface area contributed by atoms with Gasteiger partial charge in [-0.1, -0.05) is 25.1 Å². The van der Waals surface area contributed by atoms with Gasteiger partial charge >= 0.3 is 0 Å². The molecule has 1 fully saturated rings. The summed E-state index contributed by atoms with van der Waals surface area (Å²) >= 11 is 0. The third-order valence-electron chi connectivity index (χ3n) is 9.55. The third kappa shape index (κ3) is 1.64. The van der Waals surface area contributed by atoms with Gasteiger partial charge in [0.05, 0.1) is 27.9 Å². The number of likely N-dealkylation sites (tertiary alicyclic amines) is 1. The molecule has 32 heavy (non-hydrogen) atoms. The third-order valence-corrected chi connectivity index (χ3v) is 9.55. The van der Waals surface area contributed by atoms with Gasteiger partial charge in [0.1, 0.15) is 5.75 Å². The van der Waals surface area contributed by atoms with E-state index < -0.39 is 0 Å². The number of rotatable bonds is 0. The molecule has 2 aromatic carbocycles. The lowest BCUT2D eigenvalue weighted by atomic mass is 9.44. The van der Waals surface area contributed by atoms with Crippen LogP contribution in [0.25, 0.3) is 10.9 Å². The molecule has 1 saturated heterocycles. The standard InChI is InChI=1S/C27H25N3O2/c1-13-7-8-14-11-18-26(2)12-16-21-19-15(25(31)29-21)5-4-6-17(19)28-22(16)24-27(26,9-10-30(18)3)20(14)23(13)32-24/h4-8,18,24H,9-12H2,1-3H3,(H,29,31)/t18-,24+,26+,27+/m1/s1. The summed E-state index contributed by atoms with van der Waals surface area (Å²) in [4.78, 5) is 20.6. The number of hydrogen-bond donors (Lipinski definition) is 1. The first kappa shape index (κ1) is 17.6. The first-order chi connectivity index (χ1) is 15.4. The fraction of sp³-hybridized carbons (Fsp3) is 0.407. The van der Waals surface area contributed by atoms with E-state index in [-0.39, 0.29) is 22.8 Å². The average Bonchev–Trinajstić information content (AvgIpc) is 3.30. The SMILES string of the molecule is Cc1ccc2c3c1O[C@H]1c4nc5cccc6c5c(c4C[C@@]4(C)[C@@H](C2)N(C)CC[C@]314)NC6=O. The monoisotopic (exact) mass is 423 g/mol. The van der Waals surface area contributed by atoms with E-state index in [0.29, 0.717) is 6.04 Å². The lowest BCUT2D eigenvalue weighted by Gasteiger charge is -2.64. The molecule has 2 aliphatic carbocycles. The lowest BCUT2D eigenvalue weighted by molar-refractivity contribution is -0.0907. The highest BCUT2D eigenvalue weighted by molar-refractivity contribution is 6.24. The Morgan fingerprint density at radius 3 is 3.00 bits per heavy atom. The summed E-state index contributed by atoms with van der Waals surface area (Å²) in [6.45, 7) is 5.72. The Kier molecular flexibility index (Phi) is 2.85. The molecule has 1 amide bonds. The van der Waals surface area contributed by atoms with E-state index in [0.717, 1.165) is 59.4 Å². The van der Waals surface area contributed by atoms with Crippen molar-refractivity contribution in [2.24, 2.45) is 5.41 Å². The number of benzene rings is 2. The van der Waals surface area contributed by atoms with Crippen LogP contribution in [0.3, 0.4) is 0 Å². The van der Waals surface area contributed by atoms with Crippen molar-refractivity contribution in [3.8, 4) is 5.75 Å². The van der Waals surface area contributed by atoms with Crippen LogP contribution in [0.2, 0.25) is 0 Å². The number of carbonyl (C=O) groups excluding carboxylic acids is 1. The second kappa shape index (κ2) is 5.18. The lowest BCUT2D eigenvalue weighted by Crippen LogP contribution is -2.68. The molecular formula is C27H25N3O2. The minimum atomic E-state index is -0.107. The molecule has 3 aliphatic heterocycles. The molecule has 5 heteroatoms. The number of fused-ring (bicyclic) bond motifs is 3. The van der Waals surface area contributed by atoms with Crippen molar-refractivity contribution in [1.82, 2.24) is 9.88 Å². The molecule has 3 aromatic rings. The number of anilines is 1. The molecule has 160 valence electrons. The van der Waals surface area contributed by atoms with Crippen molar-refractivity contribution < 1.29 is 9.53 Å². The summed E-state index contributed by atoms with van der Waals surface area (Å²) in [6.07, 6.45) is 2.93. The van der Waals surface area contributed by atoms with Gasteiger partial charge in [0.2, 0.25) is 0 Å². The maximum atomic E-state index is 12.8. The summed E-state index contributed by atoms with van der Waals surface area (Å²) in [7, 11) is 2.28. The molecule has 0 saturated carbocycles. The second-order valence-corrected chi connectivity index (χ2v) is 10.8. The Morgan fingerprint density at radius 2 is 2.12 bits per heavy atom. The van der Waals surface area contributed by atoms with Gasteiger partial charge in [-0.05, 0) is 63.0 Å². The molecule has 4 heterocycles. The van der Waals surface area contributed by atoms with Gasteiger partial charge < -0.3 is 15.0 Å². The first-order valence-electron chi connectivity index (χ1n) is 11.7. The smallest absolute Gasteiger partial charge is 0.256 e. The van der Waals surface area contributed by atoms with E-state index in [1.54, 1.807) is 0 Å². The number of amides is 1. The second-order valence-electron chi connectivity index (χ2n) is 10.8. The number of nitrogens with zero attached hydrogens (tertiary/aromatic N) is 2. The van der Waals surface area contributed by atoms with E-state index in [1.165, 1.54) is 22.3 Å². The van der Waals surface area contributed by atoms with Crippen LogP contribution in [0.5, 0.6) is 5.75 Å². The van der Waals surface area contributed by atoms with Crippen LogP contribution in [-0.2, 0) is 18.3 Å². The zero-order valence-corrected chi connectivity index (χ0v) is 18.6. The summed E-state index contributed by atoms with van der Waals surface area (Å²) in [5.41, 5.74) is 8.91. The fourth-order valence-corrected chi connectivity index (χ4v) is 8.10. The molecule has 0 radical (unpaired) electrons. The summed E-state index contributed by atoms with van der Waals surface area (Å²) in [5, 5.41) is 4.20. The molecule has 1 spiro atoms. The topological polar surface area (TPSA) is 54.5 Å². The van der Waals surface area contributed by atoms with Crippen LogP contribution in [0.1, 0.15) is 57.8 Å². The Labute approximate surface area is 186 Å². The van der Waals surface area contributed by atoms with Crippen LogP contribution in [-0.4, -0.2) is 35.4 Å². The van der Waals surface area contributed by atoms with Crippen molar-refractivity contribution in [2.45, 2.75) is 50.7 Å². The quantitative estimate of drug-likeness (QED) is 0.586. The molecule has 5 nitrogen and oxygen atoms in total. The van der Waals surface area contributed by atoms with Crippen LogP contribution in [0.15, 0.2) is 30.3 Å². The number of carbonyl (C=O) groups is 1. The molecule has 0 unspecified atom stereocenters. The number of piperidine rings is 1. The number of nitrogens with one attached hydrogen (secondary N) is 1. The zero-order valence-electron chi connectivity index (χ0n) is 18.6. The predicted molar refractivity (Wildman–Crippen MR) is 122 cm³/mol. The van der Waals surface area contributed by atoms with Crippen molar-refractivity contribution in [3.63, 3.8) is 0 Å². The highest BCUT2D eigenvalue weighted by Crippen LogP contribution is 2.71. The first-order valence-corrected chi connectivity index (χ1v) is 11.7. The van der Waals surface area contributed by atoms with E-state index in [9.17, 15) is 4.79 Å². The van der Waals surface area contributed by atoms with Crippen LogP contribution in [0.4, 0.5) is 5.69 Å². The van der Waals surface area contributed by atoms with Crippen molar-refractivity contribution in [1.29, 1.82) is 0 Å². The largest absolute Gasteiger partial charge is 0.483 e. The number of pyridine rings is 1. The number of ether oxygens (including phenoxy) is 1. The Balaban J connectivity index is 1.50. The van der Waals surface area contributed by atoms with E-state index in [2.05, 4.69) is 43.2 Å². The van der Waals surface area contributed by atoms with Gasteiger partial charge in [0, 0.05) is 28.0 Å². The molecule has 2 bridgehead atoms. The Bertz CT molecular complexity index is 1430. The minimum absolute atomic E-state index is 0.0117. The van der Waals surface area contributed by atoms with Gasteiger partial charge in [0.15, 0.2) is 6.10 Å². The van der Waals surface area contributed by atoms with Gasteiger partial charge in [-0.25, -0.2) is 4.98 Å². The van der Waals surface area contributed by atoms with E-state index in [4.69, 9.17) is 9.72 Å². The summed E-state index contributed by atoms with van der Waals surface area (Å²) in [5.74, 6) is 1.08. The van der Waals surface area contributed by atoms with Gasteiger partial charge in [-0.2, -0.15) is 0 Å². The average molecular weight is 424 g/mol.